The Hall–Kier alpha value is 0.210. The van der Waals surface area contributed by atoms with Gasteiger partial charge < -0.3 is 4.74 Å². The predicted octanol–water partition coefficient (Wildman–Crippen LogP) is 1.35. The fourth-order valence-electron chi connectivity index (χ4n) is 0.437. The minimum atomic E-state index is -0.0880. The molecule has 0 unspecified atom stereocenters. The summed E-state index contributed by atoms with van der Waals surface area (Å²) in [6, 6.07) is 0. The van der Waals surface area contributed by atoms with Gasteiger partial charge in [-0.05, 0) is 13.3 Å². The maximum absolute atomic E-state index is 10.4. The molecule has 0 rings (SSSR count). The molecule has 0 aromatic heterocycles. The van der Waals surface area contributed by atoms with Crippen molar-refractivity contribution in [1.82, 2.24) is 0 Å². The molecule has 0 aliphatic rings. The molecule has 1 radical (unpaired) electrons. The van der Waals surface area contributed by atoms with E-state index in [0.717, 1.165) is 6.42 Å². The zero-order valence-corrected chi connectivity index (χ0v) is 9.10. The Kier molecular flexibility index (Phi) is 10.9. The van der Waals surface area contributed by atoms with Crippen molar-refractivity contribution >= 4 is 5.97 Å². The van der Waals surface area contributed by atoms with Crippen molar-refractivity contribution in [2.24, 2.45) is 0 Å². The van der Waals surface area contributed by atoms with E-state index in [1.807, 2.05) is 13.8 Å². The average Bonchev–Trinajstić information content (AvgIpc) is 1.68. The molecule has 0 spiro atoms. The van der Waals surface area contributed by atoms with E-state index < -0.39 is 0 Å². The van der Waals surface area contributed by atoms with Gasteiger partial charge in [-0.25, -0.2) is 0 Å². The SMILES string of the molecule is CCCC(=O)OCC.[Ta]. The van der Waals surface area contributed by atoms with Gasteiger partial charge in [0, 0.05) is 28.8 Å². The molecule has 0 aliphatic carbocycles. The zero-order chi connectivity index (χ0) is 6.41. The summed E-state index contributed by atoms with van der Waals surface area (Å²) in [6.07, 6.45) is 1.42. The van der Waals surface area contributed by atoms with Crippen LogP contribution in [0.2, 0.25) is 0 Å². The van der Waals surface area contributed by atoms with E-state index in [1.54, 1.807) is 0 Å². The molecule has 0 aromatic carbocycles. The molecular weight excluding hydrogens is 285 g/mol. The number of rotatable bonds is 3. The Bertz CT molecular complexity index is 65.5. The van der Waals surface area contributed by atoms with Gasteiger partial charge in [-0.3, -0.25) is 4.79 Å². The van der Waals surface area contributed by atoms with Crippen molar-refractivity contribution in [1.29, 1.82) is 0 Å². The molecule has 0 fully saturated rings. The molecule has 53 valence electrons. The summed E-state index contributed by atoms with van der Waals surface area (Å²) in [5.41, 5.74) is 0. The standard InChI is InChI=1S/C6H12O2.Ta/c1-3-5-6(7)8-4-2;/h3-5H2,1-2H3;. The van der Waals surface area contributed by atoms with Crippen LogP contribution in [-0.4, -0.2) is 12.6 Å². The normalized spacial score (nSPS) is 7.78. The number of hydrogen-bond acceptors (Lipinski definition) is 2. The van der Waals surface area contributed by atoms with Crippen LogP contribution in [0.5, 0.6) is 0 Å². The number of ether oxygens (including phenoxy) is 1. The molecule has 3 heteroatoms. The largest absolute Gasteiger partial charge is 0.466 e. The minimum absolute atomic E-state index is 0. The van der Waals surface area contributed by atoms with Crippen molar-refractivity contribution < 1.29 is 31.9 Å². The summed E-state index contributed by atoms with van der Waals surface area (Å²) >= 11 is 0. The van der Waals surface area contributed by atoms with Gasteiger partial charge in [-0.15, -0.1) is 0 Å². The van der Waals surface area contributed by atoms with E-state index in [-0.39, 0.29) is 28.3 Å². The number of carbonyl (C=O) groups excluding carboxylic acids is 1. The Morgan fingerprint density at radius 2 is 2.00 bits per heavy atom. The van der Waals surface area contributed by atoms with Crippen LogP contribution in [0.1, 0.15) is 26.7 Å². The fourth-order valence-corrected chi connectivity index (χ4v) is 0.437. The molecule has 2 nitrogen and oxygen atoms in total. The maximum Gasteiger partial charge on any atom is 0.305 e. The third-order valence-electron chi connectivity index (χ3n) is 0.759. The molecule has 0 N–H and O–H groups in total. The molecule has 0 saturated heterocycles. The van der Waals surface area contributed by atoms with Crippen LogP contribution in [0.25, 0.3) is 0 Å². The molecule has 0 aromatic rings. The van der Waals surface area contributed by atoms with Gasteiger partial charge in [0.1, 0.15) is 0 Å². The van der Waals surface area contributed by atoms with Gasteiger partial charge in [-0.1, -0.05) is 6.92 Å². The second kappa shape index (κ2) is 8.21. The van der Waals surface area contributed by atoms with E-state index >= 15 is 0 Å². The summed E-state index contributed by atoms with van der Waals surface area (Å²) < 4.78 is 4.64. The maximum atomic E-state index is 10.4. The van der Waals surface area contributed by atoms with Crippen LogP contribution < -0.4 is 0 Å². The fraction of sp³-hybridized carbons (Fsp3) is 0.833. The predicted molar refractivity (Wildman–Crippen MR) is 31.5 cm³/mol. The Morgan fingerprint density at radius 1 is 1.44 bits per heavy atom. The summed E-state index contributed by atoms with van der Waals surface area (Å²) in [4.78, 5) is 10.4. The first-order chi connectivity index (χ1) is 3.81. The third kappa shape index (κ3) is 8.21. The Morgan fingerprint density at radius 3 is 2.33 bits per heavy atom. The third-order valence-corrected chi connectivity index (χ3v) is 0.759. The number of carbonyl (C=O) groups is 1. The van der Waals surface area contributed by atoms with Crippen molar-refractivity contribution in [3.63, 3.8) is 0 Å². The zero-order valence-electron chi connectivity index (χ0n) is 5.89. The summed E-state index contributed by atoms with van der Waals surface area (Å²) in [5, 5.41) is 0. The quantitative estimate of drug-likeness (QED) is 0.735. The second-order valence-corrected chi connectivity index (χ2v) is 1.56. The van der Waals surface area contributed by atoms with Gasteiger partial charge in [0.15, 0.2) is 0 Å². The van der Waals surface area contributed by atoms with Gasteiger partial charge in [-0.2, -0.15) is 0 Å². The van der Waals surface area contributed by atoms with E-state index in [9.17, 15) is 4.79 Å². The Balaban J connectivity index is 0. The van der Waals surface area contributed by atoms with Crippen LogP contribution in [0.3, 0.4) is 0 Å². The molecule has 0 bridgehead atoms. The van der Waals surface area contributed by atoms with Crippen LogP contribution in [0.4, 0.5) is 0 Å². The van der Waals surface area contributed by atoms with E-state index in [1.165, 1.54) is 0 Å². The molecule has 0 heterocycles. The first-order valence-electron chi connectivity index (χ1n) is 2.96. The van der Waals surface area contributed by atoms with Gasteiger partial charge >= 0.3 is 5.97 Å². The Labute approximate surface area is 71.5 Å². The van der Waals surface area contributed by atoms with Crippen molar-refractivity contribution in [2.75, 3.05) is 6.61 Å². The number of esters is 1. The van der Waals surface area contributed by atoms with E-state index in [4.69, 9.17) is 0 Å². The van der Waals surface area contributed by atoms with Crippen molar-refractivity contribution in [3.05, 3.63) is 0 Å². The van der Waals surface area contributed by atoms with Crippen LogP contribution in [-0.2, 0) is 31.9 Å². The second-order valence-electron chi connectivity index (χ2n) is 1.56. The van der Waals surface area contributed by atoms with Crippen LogP contribution in [0.15, 0.2) is 0 Å². The van der Waals surface area contributed by atoms with Gasteiger partial charge in [0.25, 0.3) is 0 Å². The molecule has 0 saturated carbocycles. The summed E-state index contributed by atoms with van der Waals surface area (Å²) in [5.74, 6) is -0.0880. The minimum Gasteiger partial charge on any atom is -0.466 e. The van der Waals surface area contributed by atoms with E-state index in [0.29, 0.717) is 13.0 Å². The monoisotopic (exact) mass is 297 g/mol. The molecule has 0 amide bonds. The van der Waals surface area contributed by atoms with Crippen LogP contribution in [0, 0.1) is 0 Å². The van der Waals surface area contributed by atoms with Gasteiger partial charge in [0.2, 0.25) is 0 Å². The average molecular weight is 297 g/mol. The first-order valence-corrected chi connectivity index (χ1v) is 2.96. The molecule has 0 aliphatic heterocycles. The van der Waals surface area contributed by atoms with Crippen molar-refractivity contribution in [3.8, 4) is 0 Å². The first kappa shape index (κ1) is 11.9. The molecule has 0 atom stereocenters. The van der Waals surface area contributed by atoms with Gasteiger partial charge in [0.05, 0.1) is 6.61 Å². The summed E-state index contributed by atoms with van der Waals surface area (Å²) in [7, 11) is 0. The topological polar surface area (TPSA) is 26.3 Å². The van der Waals surface area contributed by atoms with E-state index in [2.05, 4.69) is 4.74 Å². The number of hydrogen-bond donors (Lipinski definition) is 0. The van der Waals surface area contributed by atoms with Crippen LogP contribution >= 0.6 is 0 Å². The molecule has 9 heavy (non-hydrogen) atoms. The van der Waals surface area contributed by atoms with Crippen molar-refractivity contribution in [2.45, 2.75) is 26.7 Å². The molecular formula is C6H12O2Ta. The smallest absolute Gasteiger partial charge is 0.305 e. The summed E-state index contributed by atoms with van der Waals surface area (Å²) in [6.45, 7) is 4.27.